The highest BCUT2D eigenvalue weighted by atomic mass is 32.6. The van der Waals surface area contributed by atoms with E-state index in [4.69, 9.17) is 0 Å². The smallest absolute Gasteiger partial charge is 0.159 e. The van der Waals surface area contributed by atoms with Crippen LogP contribution in [0.1, 0.15) is 18.4 Å². The molecule has 4 nitrogen and oxygen atoms in total. The molecule has 1 aliphatic rings. The van der Waals surface area contributed by atoms with E-state index in [1.165, 1.54) is 0 Å². The fourth-order valence-electron chi connectivity index (χ4n) is 1.66. The summed E-state index contributed by atoms with van der Waals surface area (Å²) in [6.45, 7) is 3.25. The van der Waals surface area contributed by atoms with Gasteiger partial charge in [-0.05, 0) is 16.3 Å². The molecular formula is C5H12N4P4. The Morgan fingerprint density at radius 3 is 3.15 bits per heavy atom. The van der Waals surface area contributed by atoms with Crippen LogP contribution in [-0.2, 0) is 6.54 Å². The number of tetrazole rings is 1. The Kier molecular flexibility index (Phi) is 3.26. The van der Waals surface area contributed by atoms with Crippen molar-refractivity contribution in [1.82, 2.24) is 20.2 Å². The molecule has 1 aromatic heterocycles. The Morgan fingerprint density at radius 2 is 2.46 bits per heavy atom. The van der Waals surface area contributed by atoms with Crippen molar-refractivity contribution in [2.75, 3.05) is 0 Å². The summed E-state index contributed by atoms with van der Waals surface area (Å²) in [6.07, 6.45) is 0. The van der Waals surface area contributed by atoms with Crippen molar-refractivity contribution < 1.29 is 0 Å². The molecule has 1 aromatic rings. The summed E-state index contributed by atoms with van der Waals surface area (Å²) in [6, 6.07) is 0. The summed E-state index contributed by atoms with van der Waals surface area (Å²) in [5, 5.41) is 11.8. The molecule has 0 radical (unpaired) electrons. The molecule has 4 unspecified atom stereocenters. The summed E-state index contributed by atoms with van der Waals surface area (Å²) < 4.78 is 1.94. The van der Waals surface area contributed by atoms with Crippen molar-refractivity contribution in [2.45, 2.75) is 19.1 Å². The highest BCUT2D eigenvalue weighted by molar-refractivity contribution is 8.61. The first-order valence-corrected chi connectivity index (χ1v) is 10.7. The summed E-state index contributed by atoms with van der Waals surface area (Å²) in [5.74, 6) is 1.75. The maximum Gasteiger partial charge on any atom is 0.159 e. The molecule has 0 bridgehead atoms. The molecule has 13 heavy (non-hydrogen) atoms. The van der Waals surface area contributed by atoms with Gasteiger partial charge in [0.05, 0.1) is 5.66 Å². The number of aromatic nitrogens is 4. The minimum absolute atomic E-state index is 0.0356. The molecule has 0 aromatic carbocycles. The Bertz CT molecular complexity index is 302. The second kappa shape index (κ2) is 4.11. The monoisotopic (exact) mass is 252 g/mol. The molecule has 0 N–H and O–H groups in total. The van der Waals surface area contributed by atoms with Gasteiger partial charge in [0.25, 0.3) is 0 Å². The Morgan fingerprint density at radius 1 is 1.69 bits per heavy atom. The van der Waals surface area contributed by atoms with Gasteiger partial charge in [-0.2, -0.15) is 0 Å². The first kappa shape index (κ1) is 10.3. The lowest BCUT2D eigenvalue weighted by Gasteiger charge is -2.19. The molecule has 0 fully saturated rings. The number of rotatable bonds is 2. The van der Waals surface area contributed by atoms with Crippen LogP contribution in [0, 0.1) is 5.92 Å². The third kappa shape index (κ3) is 1.80. The van der Waals surface area contributed by atoms with Crippen molar-refractivity contribution in [3.63, 3.8) is 0 Å². The SMILES string of the molecule is C[C@@H]1Cn2nnnc2[C@@H]1P(P)PP. The van der Waals surface area contributed by atoms with E-state index in [0.717, 1.165) is 20.3 Å². The summed E-state index contributed by atoms with van der Waals surface area (Å²) in [5.41, 5.74) is 0.575. The Hall–Kier alpha value is 0.790. The van der Waals surface area contributed by atoms with Gasteiger partial charge in [-0.15, -0.1) is 23.0 Å². The van der Waals surface area contributed by atoms with Crippen LogP contribution in [0.25, 0.3) is 0 Å². The van der Waals surface area contributed by atoms with Crippen LogP contribution in [-0.4, -0.2) is 20.2 Å². The molecule has 0 spiro atoms. The van der Waals surface area contributed by atoms with E-state index < -0.39 is 0 Å². The van der Waals surface area contributed by atoms with Gasteiger partial charge < -0.3 is 0 Å². The lowest BCUT2D eigenvalue weighted by atomic mass is 10.1. The zero-order valence-electron chi connectivity index (χ0n) is 7.25. The largest absolute Gasteiger partial charge is 0.229 e. The lowest BCUT2D eigenvalue weighted by molar-refractivity contribution is 0.505. The number of hydrogen-bond acceptors (Lipinski definition) is 3. The van der Waals surface area contributed by atoms with Gasteiger partial charge in [-0.3, -0.25) is 0 Å². The van der Waals surface area contributed by atoms with Crippen LogP contribution < -0.4 is 0 Å². The average molecular weight is 252 g/mol. The predicted molar refractivity (Wildman–Crippen MR) is 64.4 cm³/mol. The van der Waals surface area contributed by atoms with Gasteiger partial charge in [0.2, 0.25) is 0 Å². The molecule has 0 saturated heterocycles. The average Bonchev–Trinajstić information content (AvgIpc) is 2.62. The van der Waals surface area contributed by atoms with E-state index in [1.807, 2.05) is 4.68 Å². The fourth-order valence-corrected chi connectivity index (χ4v) is 7.21. The summed E-state index contributed by atoms with van der Waals surface area (Å²) in [7, 11) is 6.68. The second-order valence-corrected chi connectivity index (χ2v) is 12.7. The Labute approximate surface area is 84.6 Å². The molecule has 2 heterocycles. The first-order chi connectivity index (χ1) is 6.24. The molecule has 8 heteroatoms. The normalized spacial score (nSPS) is 29.8. The van der Waals surface area contributed by atoms with E-state index in [1.54, 1.807) is 0 Å². The Balaban J connectivity index is 2.28. The molecular weight excluding hydrogens is 240 g/mol. The van der Waals surface area contributed by atoms with E-state index in [0.29, 0.717) is 11.6 Å². The van der Waals surface area contributed by atoms with E-state index in [2.05, 4.69) is 40.3 Å². The maximum absolute atomic E-state index is 4.10. The van der Waals surface area contributed by atoms with Crippen molar-refractivity contribution in [1.29, 1.82) is 0 Å². The quantitative estimate of drug-likeness (QED) is 0.756. The summed E-state index contributed by atoms with van der Waals surface area (Å²) >= 11 is 0. The highest BCUT2D eigenvalue weighted by Gasteiger charge is 2.35. The van der Waals surface area contributed by atoms with Crippen LogP contribution in [0.15, 0.2) is 0 Å². The fraction of sp³-hybridized carbons (Fsp3) is 0.800. The van der Waals surface area contributed by atoms with Crippen molar-refractivity contribution in [3.8, 4) is 0 Å². The van der Waals surface area contributed by atoms with Crippen molar-refractivity contribution >= 4 is 33.1 Å². The van der Waals surface area contributed by atoms with Gasteiger partial charge >= 0.3 is 0 Å². The first-order valence-electron chi connectivity index (χ1n) is 4.00. The molecule has 0 amide bonds. The van der Waals surface area contributed by atoms with Crippen LogP contribution in [0.4, 0.5) is 0 Å². The van der Waals surface area contributed by atoms with Crippen LogP contribution >= 0.6 is 33.1 Å². The standard InChI is InChI=1S/C5H12N4P4/c1-3-2-9-5(6-7-8-9)4(3)13(11)12-10/h3-4,12H,2,10-11H2,1H3/t3-,4-,13?/m1/s1. The number of nitrogens with zero attached hydrogens (tertiary/aromatic N) is 4. The maximum atomic E-state index is 4.10. The van der Waals surface area contributed by atoms with Gasteiger partial charge in [0.1, 0.15) is 0 Å². The minimum atomic E-state index is -0.0356. The van der Waals surface area contributed by atoms with Gasteiger partial charge in [-0.25, -0.2) is 4.68 Å². The molecule has 2 rings (SSSR count). The van der Waals surface area contributed by atoms with E-state index in [-0.39, 0.29) is 7.30 Å². The predicted octanol–water partition coefficient (Wildman–Crippen LogP) is 2.02. The van der Waals surface area contributed by atoms with Crippen molar-refractivity contribution in [2.24, 2.45) is 5.92 Å². The zero-order chi connectivity index (χ0) is 9.42. The molecule has 0 aliphatic carbocycles. The van der Waals surface area contributed by atoms with Crippen LogP contribution in [0.3, 0.4) is 0 Å². The minimum Gasteiger partial charge on any atom is -0.229 e. The summed E-state index contributed by atoms with van der Waals surface area (Å²) in [4.78, 5) is 0. The molecule has 6 atom stereocenters. The van der Waals surface area contributed by atoms with Gasteiger partial charge in [-0.1, -0.05) is 22.2 Å². The van der Waals surface area contributed by atoms with Crippen molar-refractivity contribution in [3.05, 3.63) is 5.82 Å². The highest BCUT2D eigenvalue weighted by Crippen LogP contribution is 2.76. The lowest BCUT2D eigenvalue weighted by Crippen LogP contribution is -2.01. The molecule has 1 aliphatic heterocycles. The van der Waals surface area contributed by atoms with Gasteiger partial charge in [0, 0.05) is 6.54 Å². The molecule has 0 saturated carbocycles. The number of fused-ring (bicyclic) bond motifs is 1. The molecule has 72 valence electrons. The van der Waals surface area contributed by atoms with Crippen LogP contribution in [0.2, 0.25) is 0 Å². The zero-order valence-corrected chi connectivity index (χ0v) is 11.5. The van der Waals surface area contributed by atoms with E-state index in [9.17, 15) is 0 Å². The van der Waals surface area contributed by atoms with Crippen LogP contribution in [0.5, 0.6) is 0 Å². The third-order valence-corrected chi connectivity index (χ3v) is 13.3. The second-order valence-electron chi connectivity index (χ2n) is 3.18. The topological polar surface area (TPSA) is 43.6 Å². The third-order valence-electron chi connectivity index (χ3n) is 2.27. The van der Waals surface area contributed by atoms with E-state index >= 15 is 0 Å². The number of hydrogen-bond donors (Lipinski definition) is 0. The van der Waals surface area contributed by atoms with Gasteiger partial charge in [0.15, 0.2) is 5.82 Å².